The number of anilines is 2. The maximum atomic E-state index is 12.5. The van der Waals surface area contributed by atoms with Gasteiger partial charge in [-0.05, 0) is 62.7 Å². The molecule has 2 aromatic carbocycles. The highest BCUT2D eigenvalue weighted by molar-refractivity contribution is 5.96. The molecule has 6 nitrogen and oxygen atoms in total. The Hall–Kier alpha value is -2.86. The van der Waals surface area contributed by atoms with Crippen LogP contribution in [0.5, 0.6) is 0 Å². The third kappa shape index (κ3) is 5.82. The molecular formula is C21H27N3O3. The molecule has 0 aliphatic rings. The molecule has 144 valence electrons. The fourth-order valence-electron chi connectivity index (χ4n) is 2.39. The molecule has 2 rings (SSSR count). The first-order chi connectivity index (χ1) is 12.6. The topological polar surface area (TPSA) is 84.7 Å². The van der Waals surface area contributed by atoms with Crippen molar-refractivity contribution in [1.29, 1.82) is 0 Å². The number of benzene rings is 2. The first-order valence-electron chi connectivity index (χ1n) is 8.74. The number of hydrogen-bond donors (Lipinski definition) is 2. The summed E-state index contributed by atoms with van der Waals surface area (Å²) in [5.41, 5.74) is 8.22. The number of nitrogens with zero attached hydrogens (tertiary/aromatic N) is 1. The number of esters is 1. The van der Waals surface area contributed by atoms with Gasteiger partial charge in [0.2, 0.25) is 5.91 Å². The minimum atomic E-state index is -0.796. The smallest absolute Gasteiger partial charge is 0.338 e. The van der Waals surface area contributed by atoms with E-state index in [4.69, 9.17) is 10.5 Å². The quantitative estimate of drug-likeness (QED) is 0.790. The first kappa shape index (κ1) is 20.5. The fourth-order valence-corrected chi connectivity index (χ4v) is 2.39. The molecule has 0 aliphatic carbocycles. The average Bonchev–Trinajstić information content (AvgIpc) is 2.60. The van der Waals surface area contributed by atoms with Crippen LogP contribution in [0, 0.1) is 0 Å². The van der Waals surface area contributed by atoms with E-state index in [2.05, 4.69) is 5.32 Å². The van der Waals surface area contributed by atoms with Gasteiger partial charge in [0.05, 0.1) is 5.56 Å². The van der Waals surface area contributed by atoms with E-state index >= 15 is 0 Å². The third-order valence-corrected chi connectivity index (χ3v) is 3.82. The highest BCUT2D eigenvalue weighted by Gasteiger charge is 2.19. The molecule has 0 heterocycles. The van der Waals surface area contributed by atoms with Crippen molar-refractivity contribution in [1.82, 2.24) is 0 Å². The van der Waals surface area contributed by atoms with Gasteiger partial charge in [-0.25, -0.2) is 4.79 Å². The van der Waals surface area contributed by atoms with E-state index < -0.39 is 17.6 Å². The number of rotatable bonds is 5. The monoisotopic (exact) mass is 369 g/mol. The van der Waals surface area contributed by atoms with Crippen LogP contribution in [0.2, 0.25) is 0 Å². The number of nitrogens with two attached hydrogens (primary N) is 1. The van der Waals surface area contributed by atoms with Crippen LogP contribution in [0.15, 0.2) is 48.5 Å². The van der Waals surface area contributed by atoms with Gasteiger partial charge in [0.15, 0.2) is 0 Å². The lowest BCUT2D eigenvalue weighted by Gasteiger charge is -2.19. The highest BCUT2D eigenvalue weighted by Crippen LogP contribution is 2.20. The molecule has 0 aliphatic heterocycles. The lowest BCUT2D eigenvalue weighted by Crippen LogP contribution is -2.28. The van der Waals surface area contributed by atoms with Gasteiger partial charge in [0, 0.05) is 25.5 Å². The van der Waals surface area contributed by atoms with Gasteiger partial charge in [-0.1, -0.05) is 12.1 Å². The molecule has 27 heavy (non-hydrogen) atoms. The van der Waals surface area contributed by atoms with E-state index in [0.717, 1.165) is 11.3 Å². The van der Waals surface area contributed by atoms with Crippen molar-refractivity contribution >= 4 is 23.3 Å². The van der Waals surface area contributed by atoms with Crippen LogP contribution < -0.4 is 16.0 Å². The number of amides is 1. The van der Waals surface area contributed by atoms with E-state index in [1.807, 2.05) is 64.0 Å². The Morgan fingerprint density at radius 1 is 1.07 bits per heavy atom. The maximum Gasteiger partial charge on any atom is 0.338 e. The largest absolute Gasteiger partial charge is 0.456 e. The third-order valence-electron chi connectivity index (χ3n) is 3.82. The maximum absolute atomic E-state index is 12.5. The summed E-state index contributed by atoms with van der Waals surface area (Å²) in [6.45, 7) is 5.44. The van der Waals surface area contributed by atoms with E-state index in [0.29, 0.717) is 11.3 Å². The number of carbonyl (C=O) groups excluding carboxylic acids is 2. The van der Waals surface area contributed by atoms with Crippen molar-refractivity contribution in [2.24, 2.45) is 5.73 Å². The van der Waals surface area contributed by atoms with Gasteiger partial charge in [0.25, 0.3) is 0 Å². The molecule has 2 aromatic rings. The standard InChI is InChI=1S/C21H27N3O3/c1-21(2,3)27-20(26)14-9-11-16(12-10-14)23-19(25)18(22)15-7-6-8-17(13-15)24(4)5/h6-13,18H,22H2,1-5H3,(H,23,25)/t18-/m0/s1. The summed E-state index contributed by atoms with van der Waals surface area (Å²) in [7, 11) is 3.86. The second kappa shape index (κ2) is 8.22. The summed E-state index contributed by atoms with van der Waals surface area (Å²) in [6.07, 6.45) is 0. The van der Waals surface area contributed by atoms with Crippen LogP contribution in [0.1, 0.15) is 42.7 Å². The van der Waals surface area contributed by atoms with Crippen molar-refractivity contribution in [3.8, 4) is 0 Å². The molecule has 0 radical (unpaired) electrons. The predicted molar refractivity (Wildman–Crippen MR) is 108 cm³/mol. The highest BCUT2D eigenvalue weighted by atomic mass is 16.6. The predicted octanol–water partition coefficient (Wildman–Crippen LogP) is 3.35. The second-order valence-electron chi connectivity index (χ2n) is 7.54. The Morgan fingerprint density at radius 2 is 1.70 bits per heavy atom. The van der Waals surface area contributed by atoms with Gasteiger partial charge in [-0.3, -0.25) is 4.79 Å². The van der Waals surface area contributed by atoms with Crippen molar-refractivity contribution in [3.63, 3.8) is 0 Å². The SMILES string of the molecule is CN(C)c1cccc([C@H](N)C(=O)Nc2ccc(C(=O)OC(C)(C)C)cc2)c1. The number of ether oxygens (including phenoxy) is 1. The summed E-state index contributed by atoms with van der Waals surface area (Å²) in [5.74, 6) is -0.728. The van der Waals surface area contributed by atoms with Crippen molar-refractivity contribution in [2.45, 2.75) is 32.4 Å². The molecule has 0 aromatic heterocycles. The zero-order valence-electron chi connectivity index (χ0n) is 16.4. The van der Waals surface area contributed by atoms with Crippen LogP contribution in [-0.2, 0) is 9.53 Å². The van der Waals surface area contributed by atoms with E-state index in [9.17, 15) is 9.59 Å². The summed E-state index contributed by atoms with van der Waals surface area (Å²) in [6, 6.07) is 13.3. The van der Waals surface area contributed by atoms with Crippen LogP contribution in [0.4, 0.5) is 11.4 Å². The Labute approximate surface area is 160 Å². The molecular weight excluding hydrogens is 342 g/mol. The Balaban J connectivity index is 2.05. The number of nitrogens with one attached hydrogen (secondary N) is 1. The summed E-state index contributed by atoms with van der Waals surface area (Å²) < 4.78 is 5.32. The molecule has 0 unspecified atom stereocenters. The van der Waals surface area contributed by atoms with Crippen LogP contribution >= 0.6 is 0 Å². The van der Waals surface area contributed by atoms with Gasteiger partial charge < -0.3 is 20.7 Å². The molecule has 6 heteroatoms. The van der Waals surface area contributed by atoms with E-state index in [1.165, 1.54) is 0 Å². The molecule has 3 N–H and O–H groups in total. The average molecular weight is 369 g/mol. The van der Waals surface area contributed by atoms with Gasteiger partial charge in [-0.2, -0.15) is 0 Å². The Kier molecular flexibility index (Phi) is 6.23. The Bertz CT molecular complexity index is 808. The molecule has 1 atom stereocenters. The molecule has 0 spiro atoms. The number of hydrogen-bond acceptors (Lipinski definition) is 5. The minimum Gasteiger partial charge on any atom is -0.456 e. The zero-order valence-corrected chi connectivity index (χ0v) is 16.4. The number of carbonyl (C=O) groups is 2. The minimum absolute atomic E-state index is 0.323. The first-order valence-corrected chi connectivity index (χ1v) is 8.74. The molecule has 0 fully saturated rings. The molecule has 0 saturated heterocycles. The normalized spacial score (nSPS) is 12.2. The summed E-state index contributed by atoms with van der Waals surface area (Å²) in [5, 5.41) is 2.77. The molecule has 0 saturated carbocycles. The van der Waals surface area contributed by atoms with Crippen LogP contribution in [-0.4, -0.2) is 31.6 Å². The summed E-state index contributed by atoms with van der Waals surface area (Å²) >= 11 is 0. The lowest BCUT2D eigenvalue weighted by atomic mass is 10.1. The fraction of sp³-hybridized carbons (Fsp3) is 0.333. The molecule has 1 amide bonds. The van der Waals surface area contributed by atoms with Gasteiger partial charge in [-0.15, -0.1) is 0 Å². The van der Waals surface area contributed by atoms with Crippen molar-refractivity contribution < 1.29 is 14.3 Å². The Morgan fingerprint density at radius 3 is 2.26 bits per heavy atom. The zero-order chi connectivity index (χ0) is 20.2. The van der Waals surface area contributed by atoms with Crippen LogP contribution in [0.3, 0.4) is 0 Å². The van der Waals surface area contributed by atoms with E-state index in [1.54, 1.807) is 24.3 Å². The van der Waals surface area contributed by atoms with Gasteiger partial charge in [0.1, 0.15) is 11.6 Å². The second-order valence-corrected chi connectivity index (χ2v) is 7.54. The summed E-state index contributed by atoms with van der Waals surface area (Å²) in [4.78, 5) is 26.4. The molecule has 0 bridgehead atoms. The van der Waals surface area contributed by atoms with Crippen molar-refractivity contribution in [2.75, 3.05) is 24.3 Å². The van der Waals surface area contributed by atoms with E-state index in [-0.39, 0.29) is 5.91 Å². The lowest BCUT2D eigenvalue weighted by molar-refractivity contribution is -0.117. The van der Waals surface area contributed by atoms with Gasteiger partial charge >= 0.3 is 5.97 Å². The van der Waals surface area contributed by atoms with Crippen LogP contribution in [0.25, 0.3) is 0 Å². The van der Waals surface area contributed by atoms with Crippen molar-refractivity contribution in [3.05, 3.63) is 59.7 Å².